The van der Waals surface area contributed by atoms with Crippen LogP contribution < -0.4 is 0 Å². The number of nitrogens with zero attached hydrogens (tertiary/aromatic N) is 1. The Morgan fingerprint density at radius 1 is 1.33 bits per heavy atom. The molecule has 0 radical (unpaired) electrons. The summed E-state index contributed by atoms with van der Waals surface area (Å²) in [5, 5.41) is 1.00. The lowest BCUT2D eigenvalue weighted by atomic mass is 10.1. The molecule has 1 aromatic heterocycles. The molecule has 1 aliphatic carbocycles. The van der Waals surface area contributed by atoms with Crippen molar-refractivity contribution in [3.05, 3.63) is 35.6 Å². The maximum absolute atomic E-state index is 13.1. The molecule has 0 bridgehead atoms. The van der Waals surface area contributed by atoms with Gasteiger partial charge in [0.1, 0.15) is 11.7 Å². The average molecular weight is 329 g/mol. The van der Waals surface area contributed by atoms with Gasteiger partial charge in [0.2, 0.25) is 0 Å². The van der Waals surface area contributed by atoms with Crippen molar-refractivity contribution in [3.8, 4) is 0 Å². The lowest BCUT2D eigenvalue weighted by Gasteiger charge is -2.38. The minimum atomic E-state index is -0.0286. The van der Waals surface area contributed by atoms with Gasteiger partial charge >= 0.3 is 0 Å². The zero-order valence-electron chi connectivity index (χ0n) is 14.2. The van der Waals surface area contributed by atoms with Crippen molar-refractivity contribution in [1.29, 1.82) is 0 Å². The first kappa shape index (κ1) is 15.7. The number of carbonyl (C=O) groups excluding carboxylic acids is 1. The topological polar surface area (TPSA) is 51.9 Å². The SMILES string of the molecule is CCO[C@@H]1CC[C@@H]2[C@H]1OCCN2C(=O)c1oc2ccccc2c1C. The lowest BCUT2D eigenvalue weighted by molar-refractivity contribution is -0.103. The number of rotatable bonds is 3. The smallest absolute Gasteiger partial charge is 0.290 e. The number of carbonyl (C=O) groups is 1. The van der Waals surface area contributed by atoms with Crippen LogP contribution in [0.4, 0.5) is 0 Å². The van der Waals surface area contributed by atoms with Gasteiger partial charge in [0, 0.05) is 24.1 Å². The summed E-state index contributed by atoms with van der Waals surface area (Å²) in [6, 6.07) is 7.87. The normalized spacial score (nSPS) is 26.8. The minimum absolute atomic E-state index is 0.0210. The zero-order valence-corrected chi connectivity index (χ0v) is 14.2. The van der Waals surface area contributed by atoms with Gasteiger partial charge in [0.15, 0.2) is 5.76 Å². The molecule has 1 aromatic carbocycles. The molecule has 128 valence electrons. The first-order valence-corrected chi connectivity index (χ1v) is 8.73. The highest BCUT2D eigenvalue weighted by Gasteiger charge is 2.45. The second kappa shape index (κ2) is 6.22. The molecule has 0 unspecified atom stereocenters. The van der Waals surface area contributed by atoms with Gasteiger partial charge in [-0.15, -0.1) is 0 Å². The van der Waals surface area contributed by atoms with E-state index in [1.54, 1.807) is 0 Å². The number of benzene rings is 1. The molecular formula is C19H23NO4. The molecule has 3 atom stereocenters. The van der Waals surface area contributed by atoms with Crippen LogP contribution >= 0.6 is 0 Å². The van der Waals surface area contributed by atoms with E-state index in [4.69, 9.17) is 13.9 Å². The van der Waals surface area contributed by atoms with Crippen LogP contribution in [0, 0.1) is 6.92 Å². The maximum atomic E-state index is 13.1. The van der Waals surface area contributed by atoms with Crippen LogP contribution in [0.1, 0.15) is 35.9 Å². The fourth-order valence-electron chi connectivity index (χ4n) is 4.07. The van der Waals surface area contributed by atoms with E-state index in [1.165, 1.54) is 0 Å². The molecule has 2 heterocycles. The summed E-state index contributed by atoms with van der Waals surface area (Å²) in [4.78, 5) is 15.1. The molecule has 1 saturated heterocycles. The molecule has 0 spiro atoms. The van der Waals surface area contributed by atoms with Crippen LogP contribution in [-0.4, -0.2) is 48.8 Å². The number of furan rings is 1. The van der Waals surface area contributed by atoms with E-state index in [9.17, 15) is 4.79 Å². The first-order chi connectivity index (χ1) is 11.7. The van der Waals surface area contributed by atoms with Crippen LogP contribution in [0.15, 0.2) is 28.7 Å². The summed E-state index contributed by atoms with van der Waals surface area (Å²) < 4.78 is 17.6. The Kier molecular flexibility index (Phi) is 4.06. The van der Waals surface area contributed by atoms with Crippen molar-refractivity contribution in [2.75, 3.05) is 19.8 Å². The number of amides is 1. The van der Waals surface area contributed by atoms with Crippen LogP contribution in [0.3, 0.4) is 0 Å². The van der Waals surface area contributed by atoms with Crippen LogP contribution in [0.25, 0.3) is 11.0 Å². The fourth-order valence-corrected chi connectivity index (χ4v) is 4.07. The second-order valence-corrected chi connectivity index (χ2v) is 6.52. The van der Waals surface area contributed by atoms with Crippen molar-refractivity contribution in [3.63, 3.8) is 0 Å². The number of hydrogen-bond acceptors (Lipinski definition) is 4. The summed E-state index contributed by atoms with van der Waals surface area (Å²) in [5.41, 5.74) is 1.68. The van der Waals surface area contributed by atoms with Crippen molar-refractivity contribution < 1.29 is 18.7 Å². The van der Waals surface area contributed by atoms with Gasteiger partial charge in [-0.05, 0) is 32.8 Å². The molecule has 1 saturated carbocycles. The third kappa shape index (κ3) is 2.43. The van der Waals surface area contributed by atoms with Crippen molar-refractivity contribution in [1.82, 2.24) is 4.90 Å². The first-order valence-electron chi connectivity index (χ1n) is 8.73. The number of hydrogen-bond donors (Lipinski definition) is 0. The number of ether oxygens (including phenoxy) is 2. The number of fused-ring (bicyclic) bond motifs is 2. The molecule has 5 heteroatoms. The van der Waals surface area contributed by atoms with E-state index in [0.717, 1.165) is 29.4 Å². The molecule has 1 aliphatic heterocycles. The van der Waals surface area contributed by atoms with E-state index < -0.39 is 0 Å². The Balaban J connectivity index is 1.62. The highest BCUT2D eigenvalue weighted by atomic mass is 16.5. The second-order valence-electron chi connectivity index (χ2n) is 6.52. The van der Waals surface area contributed by atoms with Gasteiger partial charge in [-0.25, -0.2) is 0 Å². The number of para-hydroxylation sites is 1. The molecule has 24 heavy (non-hydrogen) atoms. The summed E-state index contributed by atoms with van der Waals surface area (Å²) >= 11 is 0. The summed E-state index contributed by atoms with van der Waals surface area (Å²) in [7, 11) is 0. The fraction of sp³-hybridized carbons (Fsp3) is 0.526. The highest BCUT2D eigenvalue weighted by molar-refractivity contribution is 5.99. The third-order valence-corrected chi connectivity index (χ3v) is 5.21. The molecule has 5 nitrogen and oxygen atoms in total. The Morgan fingerprint density at radius 3 is 2.96 bits per heavy atom. The van der Waals surface area contributed by atoms with E-state index in [2.05, 4.69) is 0 Å². The number of aryl methyl sites for hydroxylation is 1. The molecule has 2 fully saturated rings. The highest BCUT2D eigenvalue weighted by Crippen LogP contribution is 2.34. The van der Waals surface area contributed by atoms with Gasteiger partial charge < -0.3 is 18.8 Å². The van der Waals surface area contributed by atoms with Crippen molar-refractivity contribution in [2.24, 2.45) is 0 Å². The van der Waals surface area contributed by atoms with Gasteiger partial charge in [-0.1, -0.05) is 18.2 Å². The largest absolute Gasteiger partial charge is 0.451 e. The van der Waals surface area contributed by atoms with Crippen LogP contribution in [-0.2, 0) is 9.47 Å². The van der Waals surface area contributed by atoms with E-state index >= 15 is 0 Å². The van der Waals surface area contributed by atoms with Gasteiger partial charge in [0.25, 0.3) is 5.91 Å². The maximum Gasteiger partial charge on any atom is 0.290 e. The molecule has 4 rings (SSSR count). The van der Waals surface area contributed by atoms with E-state index in [0.29, 0.717) is 25.5 Å². The predicted molar refractivity (Wildman–Crippen MR) is 90.2 cm³/mol. The summed E-state index contributed by atoms with van der Waals surface area (Å²) in [6.07, 6.45) is 1.92. The summed E-state index contributed by atoms with van der Waals surface area (Å²) in [5.74, 6) is 0.427. The standard InChI is InChI=1S/C19H23NO4/c1-3-22-16-9-8-14-18(16)23-11-10-20(14)19(21)17-12(2)13-6-4-5-7-15(13)24-17/h4-7,14,16,18H,3,8-11H2,1-2H3/t14-,16-,18-/m1/s1. The lowest BCUT2D eigenvalue weighted by Crippen LogP contribution is -2.53. The average Bonchev–Trinajstić information content (AvgIpc) is 3.17. The van der Waals surface area contributed by atoms with Gasteiger partial charge in [-0.3, -0.25) is 4.79 Å². The predicted octanol–water partition coefficient (Wildman–Crippen LogP) is 3.15. The molecule has 2 aliphatic rings. The van der Waals surface area contributed by atoms with Crippen LogP contribution in [0.5, 0.6) is 0 Å². The Morgan fingerprint density at radius 2 is 2.17 bits per heavy atom. The molecule has 2 aromatic rings. The van der Waals surface area contributed by atoms with Crippen molar-refractivity contribution >= 4 is 16.9 Å². The Labute approximate surface area is 141 Å². The monoisotopic (exact) mass is 329 g/mol. The quantitative estimate of drug-likeness (QED) is 0.868. The molecular weight excluding hydrogens is 306 g/mol. The van der Waals surface area contributed by atoms with E-state index in [-0.39, 0.29) is 24.2 Å². The minimum Gasteiger partial charge on any atom is -0.451 e. The van der Waals surface area contributed by atoms with Gasteiger partial charge in [0.05, 0.1) is 18.8 Å². The summed E-state index contributed by atoms with van der Waals surface area (Å²) in [6.45, 7) is 5.78. The third-order valence-electron chi connectivity index (χ3n) is 5.21. The Hall–Kier alpha value is -1.85. The van der Waals surface area contributed by atoms with Gasteiger partial charge in [-0.2, -0.15) is 0 Å². The Bertz CT molecular complexity index is 753. The van der Waals surface area contributed by atoms with Crippen molar-refractivity contribution in [2.45, 2.75) is 44.9 Å². The van der Waals surface area contributed by atoms with E-state index in [1.807, 2.05) is 43.0 Å². The number of morpholine rings is 1. The van der Waals surface area contributed by atoms with Crippen LogP contribution in [0.2, 0.25) is 0 Å². The molecule has 1 amide bonds. The molecule has 0 N–H and O–H groups in total. The zero-order chi connectivity index (χ0) is 16.7.